The molecule has 1 saturated heterocycles. The minimum atomic E-state index is -0.220. The second-order valence-electron chi connectivity index (χ2n) is 13.6. The van der Waals surface area contributed by atoms with Crippen LogP contribution < -0.4 is 20.7 Å². The summed E-state index contributed by atoms with van der Waals surface area (Å²) in [5.41, 5.74) is 7.18. The average Bonchev–Trinajstić information content (AvgIpc) is 3.71. The van der Waals surface area contributed by atoms with Crippen LogP contribution >= 0.6 is 0 Å². The van der Waals surface area contributed by atoms with Crippen molar-refractivity contribution in [1.29, 1.82) is 0 Å². The number of carbonyl (C=O) groups is 2. The Morgan fingerprint density at radius 3 is 2.73 bits per heavy atom. The number of methoxy groups -OCH3 is 2. The summed E-state index contributed by atoms with van der Waals surface area (Å²) in [5.74, 6) is 2.28. The molecule has 0 aliphatic carbocycles. The molecule has 1 amide bonds. The van der Waals surface area contributed by atoms with Gasteiger partial charge in [0.15, 0.2) is 0 Å². The third-order valence-electron chi connectivity index (χ3n) is 9.75. The predicted octanol–water partition coefficient (Wildman–Crippen LogP) is 5.57. The van der Waals surface area contributed by atoms with Crippen molar-refractivity contribution in [3.63, 3.8) is 0 Å². The van der Waals surface area contributed by atoms with Crippen LogP contribution in [0.4, 0.5) is 11.5 Å². The monoisotopic (exact) mass is 673 g/mol. The fourth-order valence-corrected chi connectivity index (χ4v) is 7.14. The molecule has 0 spiro atoms. The molecule has 11 heteroatoms. The van der Waals surface area contributed by atoms with E-state index < -0.39 is 0 Å². The van der Waals surface area contributed by atoms with E-state index in [0.717, 1.165) is 117 Å². The SMILES string of the molecule is CCCCC(=O)NCCNc1cc([C@H](CC(=O)OC)CN2CC[C@@H](CCc3cc(OC)c4c(n3)NCCC4)C2)cc(-n2nc(C)cc2C)c1. The van der Waals surface area contributed by atoms with Crippen LogP contribution in [0.1, 0.15) is 86.0 Å². The number of aromatic nitrogens is 3. The van der Waals surface area contributed by atoms with Crippen LogP contribution in [0.25, 0.3) is 5.69 Å². The van der Waals surface area contributed by atoms with Crippen molar-refractivity contribution >= 4 is 23.4 Å². The first-order chi connectivity index (χ1) is 23.8. The van der Waals surface area contributed by atoms with Gasteiger partial charge in [-0.1, -0.05) is 13.3 Å². The Labute approximate surface area is 291 Å². The lowest BCUT2D eigenvalue weighted by Gasteiger charge is -2.25. The molecule has 5 rings (SSSR count). The molecule has 3 N–H and O–H groups in total. The summed E-state index contributed by atoms with van der Waals surface area (Å²) in [6, 6.07) is 10.6. The van der Waals surface area contributed by atoms with E-state index >= 15 is 0 Å². The number of aryl methyl sites for hydroxylation is 3. The van der Waals surface area contributed by atoms with Gasteiger partial charge < -0.3 is 30.3 Å². The molecular formula is C38H55N7O4. The molecule has 4 heterocycles. The van der Waals surface area contributed by atoms with Gasteiger partial charge in [0, 0.05) is 73.8 Å². The summed E-state index contributed by atoms with van der Waals surface area (Å²) in [6.07, 6.45) is 7.93. The van der Waals surface area contributed by atoms with Crippen LogP contribution in [0.15, 0.2) is 30.3 Å². The molecule has 2 atom stereocenters. The van der Waals surface area contributed by atoms with Gasteiger partial charge in [0.05, 0.1) is 32.0 Å². The maximum atomic E-state index is 12.8. The second-order valence-corrected chi connectivity index (χ2v) is 13.6. The molecule has 0 radical (unpaired) electrons. The van der Waals surface area contributed by atoms with E-state index in [0.29, 0.717) is 25.4 Å². The molecule has 0 saturated carbocycles. The van der Waals surface area contributed by atoms with Crippen molar-refractivity contribution < 1.29 is 19.1 Å². The fraction of sp³-hybridized carbons (Fsp3) is 0.579. The average molecular weight is 674 g/mol. The van der Waals surface area contributed by atoms with E-state index in [1.165, 1.54) is 12.7 Å². The number of nitrogens with one attached hydrogen (secondary N) is 3. The summed E-state index contributed by atoms with van der Waals surface area (Å²) >= 11 is 0. The summed E-state index contributed by atoms with van der Waals surface area (Å²) in [7, 11) is 3.20. The lowest BCUT2D eigenvalue weighted by atomic mass is 9.93. The third kappa shape index (κ3) is 9.97. The van der Waals surface area contributed by atoms with E-state index in [-0.39, 0.29) is 24.2 Å². The lowest BCUT2D eigenvalue weighted by Crippen LogP contribution is -2.29. The number of amides is 1. The predicted molar refractivity (Wildman–Crippen MR) is 194 cm³/mol. The zero-order chi connectivity index (χ0) is 34.8. The standard InChI is InChI=1S/C38H55N7O4/c1-6-7-10-36(46)40-16-15-39-32-19-29(20-33(22-32)45-27(3)18-26(2)43-45)30(21-37(47)49-5)25-44-17-13-28(24-44)11-12-31-23-35(48-4)34-9-8-14-41-38(34)42-31/h18-20,22-23,28,30,39H,6-17,21,24-25H2,1-5H3,(H,40,46)(H,41,42)/t28-,30-/m1/s1. The Morgan fingerprint density at radius 1 is 1.12 bits per heavy atom. The maximum absolute atomic E-state index is 12.8. The Balaban J connectivity index is 1.28. The number of benzene rings is 1. The molecule has 0 bridgehead atoms. The first-order valence-corrected chi connectivity index (χ1v) is 18.0. The number of nitrogens with zero attached hydrogens (tertiary/aromatic N) is 4. The van der Waals surface area contributed by atoms with Gasteiger partial charge in [0.25, 0.3) is 0 Å². The van der Waals surface area contributed by atoms with Gasteiger partial charge in [-0.15, -0.1) is 0 Å². The number of hydrogen-bond acceptors (Lipinski definition) is 9. The van der Waals surface area contributed by atoms with Crippen LogP contribution in [0, 0.1) is 19.8 Å². The highest BCUT2D eigenvalue weighted by Crippen LogP contribution is 2.33. The van der Waals surface area contributed by atoms with Gasteiger partial charge in [0.2, 0.25) is 5.91 Å². The highest BCUT2D eigenvalue weighted by atomic mass is 16.5. The Morgan fingerprint density at radius 2 is 1.98 bits per heavy atom. The van der Waals surface area contributed by atoms with E-state index in [1.807, 2.05) is 18.5 Å². The molecule has 1 aromatic carbocycles. The molecule has 3 aromatic rings. The highest BCUT2D eigenvalue weighted by Gasteiger charge is 2.28. The molecule has 11 nitrogen and oxygen atoms in total. The van der Waals surface area contributed by atoms with Crippen molar-refractivity contribution in [1.82, 2.24) is 25.0 Å². The van der Waals surface area contributed by atoms with Crippen molar-refractivity contribution in [2.24, 2.45) is 5.92 Å². The Hall–Kier alpha value is -4.12. The molecule has 0 unspecified atom stereocenters. The van der Waals surface area contributed by atoms with E-state index in [4.69, 9.17) is 19.6 Å². The molecule has 266 valence electrons. The smallest absolute Gasteiger partial charge is 0.306 e. The molecule has 2 aliphatic heterocycles. The van der Waals surface area contributed by atoms with Crippen LogP contribution in [0.3, 0.4) is 0 Å². The summed E-state index contributed by atoms with van der Waals surface area (Å²) in [6.45, 7) is 10.9. The van der Waals surface area contributed by atoms with Crippen LogP contribution in [0.5, 0.6) is 5.75 Å². The Kier molecular flexibility index (Phi) is 12.9. The Bertz CT molecular complexity index is 1550. The van der Waals surface area contributed by atoms with Crippen molar-refractivity contribution in [3.05, 3.63) is 58.5 Å². The minimum Gasteiger partial charge on any atom is -0.496 e. The third-order valence-corrected chi connectivity index (χ3v) is 9.75. The van der Waals surface area contributed by atoms with Crippen molar-refractivity contribution in [3.8, 4) is 11.4 Å². The fourth-order valence-electron chi connectivity index (χ4n) is 7.14. The number of esters is 1. The molecule has 49 heavy (non-hydrogen) atoms. The number of hydrogen-bond donors (Lipinski definition) is 3. The lowest BCUT2D eigenvalue weighted by molar-refractivity contribution is -0.141. The van der Waals surface area contributed by atoms with Crippen molar-refractivity contribution in [2.75, 3.05) is 64.1 Å². The van der Waals surface area contributed by atoms with Gasteiger partial charge in [-0.3, -0.25) is 9.59 Å². The van der Waals surface area contributed by atoms with E-state index in [1.54, 1.807) is 7.11 Å². The van der Waals surface area contributed by atoms with Gasteiger partial charge in [-0.25, -0.2) is 9.67 Å². The van der Waals surface area contributed by atoms with Gasteiger partial charge >= 0.3 is 5.97 Å². The topological polar surface area (TPSA) is 123 Å². The molecule has 2 aliphatic rings. The number of fused-ring (bicyclic) bond motifs is 1. The normalized spacial score (nSPS) is 16.5. The van der Waals surface area contributed by atoms with E-state index in [9.17, 15) is 9.59 Å². The number of unbranched alkanes of at least 4 members (excludes halogenated alkanes) is 1. The number of likely N-dealkylation sites (tertiary alicyclic amines) is 1. The number of rotatable bonds is 17. The first kappa shape index (κ1) is 36.2. The second kappa shape index (κ2) is 17.5. The minimum absolute atomic E-state index is 0.0601. The van der Waals surface area contributed by atoms with Crippen LogP contribution in [0.2, 0.25) is 0 Å². The summed E-state index contributed by atoms with van der Waals surface area (Å²) < 4.78 is 12.9. The van der Waals surface area contributed by atoms with Crippen LogP contribution in [-0.2, 0) is 27.2 Å². The zero-order valence-electron chi connectivity index (χ0n) is 30.1. The number of ether oxygens (including phenoxy) is 2. The van der Waals surface area contributed by atoms with E-state index in [2.05, 4.69) is 58.1 Å². The molecular weight excluding hydrogens is 618 g/mol. The largest absolute Gasteiger partial charge is 0.496 e. The zero-order valence-corrected chi connectivity index (χ0v) is 30.1. The molecule has 1 fully saturated rings. The number of anilines is 2. The van der Waals surface area contributed by atoms with Crippen LogP contribution in [-0.4, -0.2) is 85.0 Å². The molecule has 2 aromatic heterocycles. The van der Waals surface area contributed by atoms with Gasteiger partial charge in [-0.2, -0.15) is 5.10 Å². The summed E-state index contributed by atoms with van der Waals surface area (Å²) in [5, 5.41) is 14.7. The number of carbonyl (C=O) groups excluding carboxylic acids is 2. The van der Waals surface area contributed by atoms with Gasteiger partial charge in [-0.05, 0) is 94.7 Å². The first-order valence-electron chi connectivity index (χ1n) is 18.0. The quantitative estimate of drug-likeness (QED) is 0.125. The maximum Gasteiger partial charge on any atom is 0.306 e. The highest BCUT2D eigenvalue weighted by molar-refractivity contribution is 5.75. The number of pyridine rings is 1. The van der Waals surface area contributed by atoms with Gasteiger partial charge in [0.1, 0.15) is 11.6 Å². The summed E-state index contributed by atoms with van der Waals surface area (Å²) in [4.78, 5) is 32.3. The van der Waals surface area contributed by atoms with Crippen molar-refractivity contribution in [2.45, 2.75) is 84.5 Å².